The second-order valence-corrected chi connectivity index (χ2v) is 7.55. The van der Waals surface area contributed by atoms with Crippen molar-refractivity contribution in [1.82, 2.24) is 15.3 Å². The van der Waals surface area contributed by atoms with E-state index in [2.05, 4.69) is 25.9 Å². The molecule has 180 valence electrons. The number of hydrogen-bond acceptors (Lipinski definition) is 9. The Balaban J connectivity index is 0.00000408. The molecule has 0 radical (unpaired) electrons. The average Bonchev–Trinajstić information content (AvgIpc) is 2.75. The van der Waals surface area contributed by atoms with Crippen LogP contribution in [-0.2, 0) is 9.59 Å². The minimum atomic E-state index is -1.30. The molecule has 1 aromatic carbocycles. The molecule has 0 spiro atoms. The maximum atomic E-state index is 12.3. The number of rotatable bonds is 9. The molecule has 1 amide bonds. The summed E-state index contributed by atoms with van der Waals surface area (Å²) in [6.45, 7) is 1.01. The van der Waals surface area contributed by atoms with E-state index in [0.717, 1.165) is 5.69 Å². The number of anilines is 4. The molecular weight excluding hydrogens is 474 g/mol. The maximum absolute atomic E-state index is 12.3. The van der Waals surface area contributed by atoms with Crippen molar-refractivity contribution in [2.75, 3.05) is 41.4 Å². The summed E-state index contributed by atoms with van der Waals surface area (Å²) in [6.07, 6.45) is -0.586. The van der Waals surface area contributed by atoms with Gasteiger partial charge < -0.3 is 36.8 Å². The van der Waals surface area contributed by atoms with Gasteiger partial charge in [-0.25, -0.2) is 4.79 Å². The molecule has 1 unspecified atom stereocenters. The molecule has 2 atom stereocenters. The van der Waals surface area contributed by atoms with E-state index in [0.29, 0.717) is 24.6 Å². The molecule has 2 heterocycles. The van der Waals surface area contributed by atoms with Crippen molar-refractivity contribution in [3.05, 3.63) is 40.2 Å². The summed E-state index contributed by atoms with van der Waals surface area (Å²) in [5.74, 6) is -2.59. The number of likely N-dealkylation sites (N-methyl/N-ethyl adjacent to an activating group) is 1. The Hall–Kier alpha value is -3.03. The van der Waals surface area contributed by atoms with Gasteiger partial charge in [0.15, 0.2) is 5.82 Å². The third kappa shape index (κ3) is 6.74. The fraction of sp³-hybridized carbons (Fsp3) is 0.350. The van der Waals surface area contributed by atoms with Crippen LogP contribution in [0.5, 0.6) is 0 Å². The van der Waals surface area contributed by atoms with Crippen molar-refractivity contribution in [2.24, 2.45) is 0 Å². The number of nitrogens with two attached hydrogens (primary N) is 1. The number of nitrogens with one attached hydrogen (secondary N) is 4. The van der Waals surface area contributed by atoms with E-state index in [4.69, 9.17) is 10.8 Å². The first kappa shape index (κ1) is 27.2. The second-order valence-electron chi connectivity index (χ2n) is 7.55. The summed E-state index contributed by atoms with van der Waals surface area (Å²) in [4.78, 5) is 54.9. The van der Waals surface area contributed by atoms with E-state index in [-0.39, 0.29) is 73.7 Å². The Morgan fingerprint density at radius 2 is 1.94 bits per heavy atom. The Kier molecular flexibility index (Phi) is 9.53. The van der Waals surface area contributed by atoms with Crippen molar-refractivity contribution in [3.8, 4) is 0 Å². The number of aromatic nitrogens is 2. The van der Waals surface area contributed by atoms with Gasteiger partial charge in [0.1, 0.15) is 11.7 Å². The molecule has 1 aliphatic heterocycles. The van der Waals surface area contributed by atoms with E-state index < -0.39 is 23.9 Å². The zero-order valence-corrected chi connectivity index (χ0v) is 17.8. The Morgan fingerprint density at radius 3 is 2.56 bits per heavy atom. The molecule has 34 heavy (non-hydrogen) atoms. The van der Waals surface area contributed by atoms with Gasteiger partial charge in [-0.05, 0) is 30.7 Å². The van der Waals surface area contributed by atoms with Gasteiger partial charge in [0.2, 0.25) is 5.95 Å². The third-order valence-corrected chi connectivity index (χ3v) is 5.26. The molecule has 1 aromatic heterocycles. The van der Waals surface area contributed by atoms with Gasteiger partial charge in [0, 0.05) is 37.8 Å². The van der Waals surface area contributed by atoms with Crippen molar-refractivity contribution < 1.29 is 24.6 Å². The SMILES string of the molecule is CN1c2c(nc(N)[nH]c2=O)NCC1CNc1ccc(C(=O)N[C@@H](CCC(=O)O)C(=O)O)cc1.[CaH2]. The second kappa shape index (κ2) is 11.9. The number of fused-ring (bicyclic) bond motifs is 1. The van der Waals surface area contributed by atoms with E-state index in [1.54, 1.807) is 19.2 Å². The number of benzene rings is 1. The van der Waals surface area contributed by atoms with Crippen LogP contribution in [0.2, 0.25) is 0 Å². The summed E-state index contributed by atoms with van der Waals surface area (Å²) in [6, 6.07) is 5.03. The summed E-state index contributed by atoms with van der Waals surface area (Å²) >= 11 is 0. The normalized spacial score (nSPS) is 15.2. The molecule has 1 aliphatic rings. The number of aliphatic carboxylic acids is 2. The zero-order valence-electron chi connectivity index (χ0n) is 17.8. The van der Waals surface area contributed by atoms with Crippen molar-refractivity contribution >= 4 is 78.7 Å². The molecule has 13 nitrogen and oxygen atoms in total. The fourth-order valence-corrected chi connectivity index (χ4v) is 3.42. The molecular formula is C20H27CaN7O6. The van der Waals surface area contributed by atoms with Crippen LogP contribution >= 0.6 is 0 Å². The topological polar surface area (TPSA) is 203 Å². The number of carboxylic acids is 2. The number of nitrogen functional groups attached to an aromatic ring is 1. The van der Waals surface area contributed by atoms with Crippen molar-refractivity contribution in [3.63, 3.8) is 0 Å². The van der Waals surface area contributed by atoms with Crippen LogP contribution in [0, 0.1) is 0 Å². The molecule has 0 fully saturated rings. The molecule has 2 aromatic rings. The molecule has 0 saturated carbocycles. The first-order valence-electron chi connectivity index (χ1n) is 10.1. The number of nitrogens with zero attached hydrogens (tertiary/aromatic N) is 2. The number of carboxylic acid groups (broad SMARTS) is 2. The van der Waals surface area contributed by atoms with E-state index >= 15 is 0 Å². The Bertz CT molecular complexity index is 1110. The quantitative estimate of drug-likeness (QED) is 0.204. The van der Waals surface area contributed by atoms with Crippen molar-refractivity contribution in [2.45, 2.75) is 24.9 Å². The molecule has 8 N–H and O–H groups in total. The first-order valence-corrected chi connectivity index (χ1v) is 10.1. The van der Waals surface area contributed by atoms with Gasteiger partial charge in [0.25, 0.3) is 11.5 Å². The van der Waals surface area contributed by atoms with Gasteiger partial charge in [-0.1, -0.05) is 0 Å². The molecule has 3 rings (SSSR count). The van der Waals surface area contributed by atoms with Crippen LogP contribution in [0.4, 0.5) is 23.1 Å². The van der Waals surface area contributed by atoms with Crippen LogP contribution in [-0.4, -0.2) is 108 Å². The van der Waals surface area contributed by atoms with Crippen LogP contribution in [0.25, 0.3) is 0 Å². The predicted octanol–water partition coefficient (Wildman–Crippen LogP) is -1.17. The zero-order chi connectivity index (χ0) is 24.1. The number of H-pyrrole nitrogens is 1. The van der Waals surface area contributed by atoms with Gasteiger partial charge in [-0.3, -0.25) is 19.4 Å². The third-order valence-electron chi connectivity index (χ3n) is 5.26. The van der Waals surface area contributed by atoms with Gasteiger partial charge in [0.05, 0.1) is 6.04 Å². The molecule has 14 heteroatoms. The van der Waals surface area contributed by atoms with E-state index in [1.807, 2.05) is 4.90 Å². The van der Waals surface area contributed by atoms with Gasteiger partial charge in [-0.15, -0.1) is 0 Å². The molecule has 0 bridgehead atoms. The summed E-state index contributed by atoms with van der Waals surface area (Å²) in [5, 5.41) is 26.6. The van der Waals surface area contributed by atoms with Crippen LogP contribution in [0.15, 0.2) is 29.1 Å². The standard InChI is InChI=1S/C20H25N7O6.Ca.2H/c1-27-12(9-23-16-15(27)18(31)26-20(21)25-16)8-22-11-4-2-10(3-5-11)17(30)24-13(19(32)33)6-7-14(28)29;;;/h2-5,12-13,22H,6-9H2,1H3,(H,24,30)(H,28,29)(H,32,33)(H4,21,23,25,26,31);;;/t12?,13-;;;/m0.../s1. The van der Waals surface area contributed by atoms with Crippen LogP contribution in [0.3, 0.4) is 0 Å². The molecule has 0 saturated heterocycles. The first-order chi connectivity index (χ1) is 15.7. The minimum absolute atomic E-state index is 0. The number of hydrogen-bond donors (Lipinski definition) is 7. The van der Waals surface area contributed by atoms with Gasteiger partial charge in [-0.2, -0.15) is 4.98 Å². The summed E-state index contributed by atoms with van der Waals surface area (Å²) in [7, 11) is 1.79. The Labute approximate surface area is 224 Å². The predicted molar refractivity (Wildman–Crippen MR) is 129 cm³/mol. The van der Waals surface area contributed by atoms with E-state index in [9.17, 15) is 24.3 Å². The van der Waals surface area contributed by atoms with Crippen LogP contribution < -0.4 is 32.1 Å². The molecule has 0 aliphatic carbocycles. The Morgan fingerprint density at radius 1 is 1.26 bits per heavy atom. The number of carbonyl (C=O) groups excluding carboxylic acids is 1. The number of carbonyl (C=O) groups is 3. The summed E-state index contributed by atoms with van der Waals surface area (Å²) in [5.41, 5.74) is 6.59. The monoisotopic (exact) mass is 501 g/mol. The number of amides is 1. The van der Waals surface area contributed by atoms with Crippen molar-refractivity contribution in [1.29, 1.82) is 0 Å². The van der Waals surface area contributed by atoms with Crippen LogP contribution in [0.1, 0.15) is 23.2 Å². The van der Waals surface area contributed by atoms with E-state index in [1.165, 1.54) is 12.1 Å². The fourth-order valence-electron chi connectivity index (χ4n) is 3.42. The average molecular weight is 502 g/mol. The number of aromatic amines is 1. The van der Waals surface area contributed by atoms with Gasteiger partial charge >= 0.3 is 49.7 Å². The summed E-state index contributed by atoms with van der Waals surface area (Å²) < 4.78 is 0.